The van der Waals surface area contributed by atoms with E-state index in [0.29, 0.717) is 17.0 Å². The maximum absolute atomic E-state index is 11.7. The minimum atomic E-state index is -0.0254. The molecule has 5 nitrogen and oxygen atoms in total. The Morgan fingerprint density at radius 1 is 1.30 bits per heavy atom. The quantitative estimate of drug-likeness (QED) is 0.853. The van der Waals surface area contributed by atoms with E-state index in [1.807, 2.05) is 36.7 Å². The number of anilines is 1. The molecule has 1 aliphatic rings. The van der Waals surface area contributed by atoms with Crippen LogP contribution in [0.3, 0.4) is 0 Å². The Morgan fingerprint density at radius 3 is 2.65 bits per heavy atom. The Balaban J connectivity index is 2.20. The van der Waals surface area contributed by atoms with Crippen molar-refractivity contribution in [1.82, 2.24) is 4.57 Å². The molecule has 20 heavy (non-hydrogen) atoms. The van der Waals surface area contributed by atoms with E-state index >= 15 is 0 Å². The molecule has 0 radical (unpaired) electrons. The average molecular weight is 272 g/mol. The van der Waals surface area contributed by atoms with Crippen LogP contribution in [0.25, 0.3) is 11.3 Å². The molecule has 5 heteroatoms. The predicted molar refractivity (Wildman–Crippen MR) is 76.1 cm³/mol. The van der Waals surface area contributed by atoms with E-state index in [4.69, 9.17) is 15.2 Å². The zero-order valence-electron chi connectivity index (χ0n) is 11.7. The van der Waals surface area contributed by atoms with Gasteiger partial charge in [-0.3, -0.25) is 4.79 Å². The molecular formula is C15H16N2O3. The van der Waals surface area contributed by atoms with Crippen molar-refractivity contribution in [1.29, 1.82) is 0 Å². The number of ketones is 1. The number of rotatable bonds is 2. The summed E-state index contributed by atoms with van der Waals surface area (Å²) in [5, 5.41) is 0. The number of fused-ring (bicyclic) bond motifs is 1. The van der Waals surface area contributed by atoms with E-state index in [2.05, 4.69) is 0 Å². The fourth-order valence-corrected chi connectivity index (χ4v) is 2.67. The molecular weight excluding hydrogens is 256 g/mol. The van der Waals surface area contributed by atoms with Gasteiger partial charge >= 0.3 is 0 Å². The van der Waals surface area contributed by atoms with Gasteiger partial charge in [0, 0.05) is 18.3 Å². The maximum atomic E-state index is 11.7. The zero-order chi connectivity index (χ0) is 14.4. The van der Waals surface area contributed by atoms with E-state index in [-0.39, 0.29) is 12.6 Å². The van der Waals surface area contributed by atoms with Gasteiger partial charge in [0.25, 0.3) is 0 Å². The molecule has 0 aliphatic carbocycles. The standard InChI is InChI=1S/C15H16N2O3/c1-8-13(9(2)18)14(16)15(17(8)3)10-4-5-11-12(6-10)20-7-19-11/h4-6H,7,16H2,1-3H3. The summed E-state index contributed by atoms with van der Waals surface area (Å²) in [5.41, 5.74) is 9.86. The van der Waals surface area contributed by atoms with Crippen LogP contribution in [0.5, 0.6) is 11.5 Å². The van der Waals surface area contributed by atoms with Crippen LogP contribution in [-0.4, -0.2) is 17.1 Å². The Kier molecular flexibility index (Phi) is 2.71. The minimum absolute atomic E-state index is 0.0254. The molecule has 0 atom stereocenters. The molecule has 1 aromatic heterocycles. The zero-order valence-corrected chi connectivity index (χ0v) is 11.7. The van der Waals surface area contributed by atoms with E-state index in [1.165, 1.54) is 6.92 Å². The van der Waals surface area contributed by atoms with Crippen molar-refractivity contribution in [2.75, 3.05) is 12.5 Å². The van der Waals surface area contributed by atoms with Gasteiger partial charge in [-0.2, -0.15) is 0 Å². The lowest BCUT2D eigenvalue weighted by molar-refractivity contribution is 0.101. The first-order valence-electron chi connectivity index (χ1n) is 6.36. The van der Waals surface area contributed by atoms with Crippen LogP contribution in [0, 0.1) is 6.92 Å². The number of nitrogens with zero attached hydrogens (tertiary/aromatic N) is 1. The summed E-state index contributed by atoms with van der Waals surface area (Å²) in [6.45, 7) is 3.66. The fraction of sp³-hybridized carbons (Fsp3) is 0.267. The monoisotopic (exact) mass is 272 g/mol. The number of carbonyl (C=O) groups excluding carboxylic acids is 1. The van der Waals surface area contributed by atoms with E-state index in [1.54, 1.807) is 0 Å². The highest BCUT2D eigenvalue weighted by Crippen LogP contribution is 2.39. The van der Waals surface area contributed by atoms with E-state index < -0.39 is 0 Å². The molecule has 0 amide bonds. The van der Waals surface area contributed by atoms with Gasteiger partial charge in [-0.05, 0) is 32.0 Å². The summed E-state index contributed by atoms with van der Waals surface area (Å²) in [6, 6.07) is 5.66. The Labute approximate surface area is 116 Å². The first kappa shape index (κ1) is 12.6. The number of aromatic nitrogens is 1. The van der Waals surface area contributed by atoms with Crippen LogP contribution < -0.4 is 15.2 Å². The van der Waals surface area contributed by atoms with Crippen molar-refractivity contribution < 1.29 is 14.3 Å². The number of carbonyl (C=O) groups is 1. The summed E-state index contributed by atoms with van der Waals surface area (Å²) in [6.07, 6.45) is 0. The Hall–Kier alpha value is -2.43. The highest BCUT2D eigenvalue weighted by molar-refractivity contribution is 6.04. The lowest BCUT2D eigenvalue weighted by Gasteiger charge is -2.07. The van der Waals surface area contributed by atoms with Crippen LogP contribution >= 0.6 is 0 Å². The van der Waals surface area contributed by atoms with Gasteiger partial charge in [0.2, 0.25) is 6.79 Å². The van der Waals surface area contributed by atoms with Gasteiger partial charge < -0.3 is 19.8 Å². The van der Waals surface area contributed by atoms with Crippen molar-refractivity contribution in [3.05, 3.63) is 29.5 Å². The molecule has 0 unspecified atom stereocenters. The lowest BCUT2D eigenvalue weighted by atomic mass is 10.1. The molecule has 1 aromatic carbocycles. The second-order valence-corrected chi connectivity index (χ2v) is 4.91. The molecule has 0 bridgehead atoms. The maximum Gasteiger partial charge on any atom is 0.231 e. The first-order chi connectivity index (χ1) is 9.50. The largest absolute Gasteiger partial charge is 0.454 e. The van der Waals surface area contributed by atoms with E-state index in [9.17, 15) is 4.79 Å². The Bertz CT molecular complexity index is 716. The van der Waals surface area contributed by atoms with Crippen molar-refractivity contribution in [2.24, 2.45) is 7.05 Å². The van der Waals surface area contributed by atoms with Crippen LogP contribution in [0.1, 0.15) is 23.0 Å². The van der Waals surface area contributed by atoms with Crippen LogP contribution in [0.15, 0.2) is 18.2 Å². The summed E-state index contributed by atoms with van der Waals surface area (Å²) >= 11 is 0. The molecule has 0 fully saturated rings. The summed E-state index contributed by atoms with van der Waals surface area (Å²) < 4.78 is 12.6. The van der Waals surface area contributed by atoms with Crippen molar-refractivity contribution >= 4 is 11.5 Å². The predicted octanol–water partition coefficient (Wildman–Crippen LogP) is 2.51. The molecule has 1 aliphatic heterocycles. The smallest absolute Gasteiger partial charge is 0.231 e. The third-order valence-corrected chi connectivity index (χ3v) is 3.72. The average Bonchev–Trinajstić information content (AvgIpc) is 2.93. The molecule has 0 saturated carbocycles. The number of Topliss-reactive ketones (excluding diaryl/α,β-unsaturated/α-hetero) is 1. The van der Waals surface area contributed by atoms with Crippen LogP contribution in [0.4, 0.5) is 5.69 Å². The topological polar surface area (TPSA) is 66.5 Å². The molecule has 104 valence electrons. The van der Waals surface area contributed by atoms with Gasteiger partial charge in [0.1, 0.15) is 0 Å². The van der Waals surface area contributed by atoms with Gasteiger partial charge in [0.05, 0.1) is 16.9 Å². The molecule has 0 spiro atoms. The third kappa shape index (κ3) is 1.66. The van der Waals surface area contributed by atoms with Crippen molar-refractivity contribution in [3.63, 3.8) is 0 Å². The molecule has 3 rings (SSSR count). The number of benzene rings is 1. The number of hydrogen-bond donors (Lipinski definition) is 1. The van der Waals surface area contributed by atoms with Crippen molar-refractivity contribution in [2.45, 2.75) is 13.8 Å². The summed E-state index contributed by atoms with van der Waals surface area (Å²) in [5.74, 6) is 1.40. The highest BCUT2D eigenvalue weighted by atomic mass is 16.7. The Morgan fingerprint density at radius 2 is 2.00 bits per heavy atom. The van der Waals surface area contributed by atoms with Gasteiger partial charge in [-0.25, -0.2) is 0 Å². The summed E-state index contributed by atoms with van der Waals surface area (Å²) in [4.78, 5) is 11.7. The highest BCUT2D eigenvalue weighted by Gasteiger charge is 2.22. The molecule has 2 aromatic rings. The van der Waals surface area contributed by atoms with Crippen LogP contribution in [0.2, 0.25) is 0 Å². The second-order valence-electron chi connectivity index (χ2n) is 4.91. The van der Waals surface area contributed by atoms with E-state index in [0.717, 1.165) is 22.7 Å². The lowest BCUT2D eigenvalue weighted by Crippen LogP contribution is -1.98. The van der Waals surface area contributed by atoms with Gasteiger partial charge in [-0.1, -0.05) is 0 Å². The molecule has 0 saturated heterocycles. The normalized spacial score (nSPS) is 12.8. The fourth-order valence-electron chi connectivity index (χ4n) is 2.67. The van der Waals surface area contributed by atoms with Gasteiger partial charge in [-0.15, -0.1) is 0 Å². The molecule has 2 N–H and O–H groups in total. The number of nitrogen functional groups attached to an aromatic ring is 1. The SMILES string of the molecule is CC(=O)c1c(N)c(-c2ccc3c(c2)OCO3)n(C)c1C. The van der Waals surface area contributed by atoms with Crippen molar-refractivity contribution in [3.8, 4) is 22.8 Å². The number of hydrogen-bond acceptors (Lipinski definition) is 4. The third-order valence-electron chi connectivity index (χ3n) is 3.72. The van der Waals surface area contributed by atoms with Gasteiger partial charge in [0.15, 0.2) is 17.3 Å². The number of ether oxygens (including phenoxy) is 2. The molecule has 2 heterocycles. The first-order valence-corrected chi connectivity index (χ1v) is 6.36. The number of nitrogens with two attached hydrogens (primary N) is 1. The van der Waals surface area contributed by atoms with Crippen LogP contribution in [-0.2, 0) is 7.05 Å². The minimum Gasteiger partial charge on any atom is -0.454 e. The second kappa shape index (κ2) is 4.30. The summed E-state index contributed by atoms with van der Waals surface area (Å²) in [7, 11) is 1.90.